The summed E-state index contributed by atoms with van der Waals surface area (Å²) in [5.74, 6) is 1.76. The van der Waals surface area contributed by atoms with Crippen molar-refractivity contribution in [3.05, 3.63) is 22.7 Å². The van der Waals surface area contributed by atoms with Gasteiger partial charge in [0.25, 0.3) is 0 Å². The Balaban J connectivity index is 0.00000182. The molecule has 0 aliphatic carbocycles. The molecule has 0 spiro atoms. The van der Waals surface area contributed by atoms with Crippen molar-refractivity contribution in [2.75, 3.05) is 31.5 Å². The normalized spacial score (nSPS) is 10.8. The molecule has 3 aromatic rings. The number of H-pyrrole nitrogens is 2. The van der Waals surface area contributed by atoms with Crippen LogP contribution in [0, 0.1) is 4.77 Å². The van der Waals surface area contributed by atoms with E-state index >= 15 is 0 Å². The van der Waals surface area contributed by atoms with Crippen molar-refractivity contribution >= 4 is 64.8 Å². The quantitative estimate of drug-likeness (QED) is 0.356. The molecule has 6 nitrogen and oxygen atoms in total. The lowest BCUT2D eigenvalue weighted by atomic mass is 10.2. The summed E-state index contributed by atoms with van der Waals surface area (Å²) < 4.78 is 0.628. The highest BCUT2D eigenvalue weighted by Gasteiger charge is 2.10. The zero-order valence-corrected chi connectivity index (χ0v) is 18.4. The third-order valence-electron chi connectivity index (χ3n) is 4.53. The van der Waals surface area contributed by atoms with Gasteiger partial charge in [0.1, 0.15) is 11.6 Å². The monoisotopic (exact) mass is 430 g/mol. The van der Waals surface area contributed by atoms with Gasteiger partial charge in [-0.1, -0.05) is 20.8 Å². The van der Waals surface area contributed by atoms with Gasteiger partial charge < -0.3 is 20.2 Å². The molecule has 0 saturated carbocycles. The predicted octanol–water partition coefficient (Wildman–Crippen LogP) is 4.72. The molecular weight excluding hydrogens is 403 g/mol. The number of fused-ring (bicyclic) bond motifs is 2. The number of nitrogens with one attached hydrogen (secondary N) is 3. The fourth-order valence-electron chi connectivity index (χ4n) is 3.05. The van der Waals surface area contributed by atoms with Gasteiger partial charge >= 0.3 is 0 Å². The molecule has 0 saturated heterocycles. The summed E-state index contributed by atoms with van der Waals surface area (Å²) in [6.07, 6.45) is 1.90. The lowest BCUT2D eigenvalue weighted by Crippen LogP contribution is -2.25. The smallest absolute Gasteiger partial charge is 0.175 e. The number of rotatable bonds is 8. The number of imidazole rings is 1. The molecule has 0 radical (unpaired) electrons. The Labute approximate surface area is 177 Å². The van der Waals surface area contributed by atoms with Crippen LogP contribution in [-0.2, 0) is 6.42 Å². The number of aromatic amines is 2. The summed E-state index contributed by atoms with van der Waals surface area (Å²) in [5.41, 5.74) is 2.90. The van der Waals surface area contributed by atoms with E-state index in [9.17, 15) is 0 Å². The Kier molecular flexibility index (Phi) is 9.45. The topological polar surface area (TPSA) is 72.6 Å². The molecule has 0 aliphatic heterocycles. The van der Waals surface area contributed by atoms with E-state index in [1.54, 1.807) is 0 Å². The van der Waals surface area contributed by atoms with Crippen LogP contribution in [0.2, 0.25) is 0 Å². The van der Waals surface area contributed by atoms with Crippen molar-refractivity contribution < 1.29 is 0 Å². The van der Waals surface area contributed by atoms with E-state index in [-0.39, 0.29) is 24.8 Å². The summed E-state index contributed by atoms with van der Waals surface area (Å²) >= 11 is 5.20. The van der Waals surface area contributed by atoms with Crippen molar-refractivity contribution in [1.82, 2.24) is 24.8 Å². The maximum absolute atomic E-state index is 5.20. The minimum atomic E-state index is 0. The molecule has 3 N–H and O–H groups in total. The number of aromatic nitrogens is 4. The maximum atomic E-state index is 5.20. The number of anilines is 1. The second-order valence-electron chi connectivity index (χ2n) is 6.14. The molecule has 0 fully saturated rings. The third kappa shape index (κ3) is 5.54. The molecule has 3 rings (SSSR count). The van der Waals surface area contributed by atoms with Gasteiger partial charge in [0.05, 0.1) is 16.6 Å². The maximum Gasteiger partial charge on any atom is 0.175 e. The van der Waals surface area contributed by atoms with E-state index in [1.165, 1.54) is 0 Å². The number of hydrogen-bond acceptors (Lipinski definition) is 5. The van der Waals surface area contributed by atoms with E-state index in [2.05, 4.69) is 52.0 Å². The Hall–Kier alpha value is -1.41. The minimum Gasteiger partial charge on any atom is -0.369 e. The molecule has 2 aromatic heterocycles. The molecule has 0 bridgehead atoms. The first kappa shape index (κ1) is 23.6. The van der Waals surface area contributed by atoms with Crippen LogP contribution in [0.3, 0.4) is 0 Å². The van der Waals surface area contributed by atoms with Crippen LogP contribution < -0.4 is 5.32 Å². The summed E-state index contributed by atoms with van der Waals surface area (Å²) in [7, 11) is 0. The second-order valence-corrected chi connectivity index (χ2v) is 6.55. The number of nitrogens with zero attached hydrogens (tertiary/aromatic N) is 3. The molecule has 0 unspecified atom stereocenters. The Morgan fingerprint density at radius 3 is 2.33 bits per heavy atom. The van der Waals surface area contributed by atoms with Crippen molar-refractivity contribution in [2.45, 2.75) is 33.6 Å². The molecule has 9 heteroatoms. The first-order valence-electron chi connectivity index (χ1n) is 9.03. The van der Waals surface area contributed by atoms with Crippen LogP contribution >= 0.6 is 37.0 Å². The number of halogens is 2. The molecule has 0 atom stereocenters. The van der Waals surface area contributed by atoms with Crippen LogP contribution in [0.4, 0.5) is 5.82 Å². The molecule has 0 amide bonds. The van der Waals surface area contributed by atoms with Gasteiger partial charge in [-0.25, -0.2) is 9.97 Å². The molecule has 27 heavy (non-hydrogen) atoms. The van der Waals surface area contributed by atoms with Gasteiger partial charge in [0.15, 0.2) is 4.77 Å². The molecule has 1 aromatic carbocycles. The van der Waals surface area contributed by atoms with Crippen molar-refractivity contribution in [1.29, 1.82) is 0 Å². The standard InChI is InChI=1S/C18H26N6S.2ClH/c1-4-16-20-13-11-15-14(21-18(25)22-15)10-12(13)17(23-16)19-8-7-9-24(5-2)6-3;;/h10-11H,4-9H2,1-3H3,(H,19,20,23)(H2,21,22,25);2*1H. The van der Waals surface area contributed by atoms with Crippen LogP contribution in [-0.4, -0.2) is 51.0 Å². The first-order valence-corrected chi connectivity index (χ1v) is 9.44. The highest BCUT2D eigenvalue weighted by atomic mass is 35.5. The average molecular weight is 431 g/mol. The van der Waals surface area contributed by atoms with Crippen LogP contribution in [0.25, 0.3) is 21.9 Å². The summed E-state index contributed by atoms with van der Waals surface area (Å²) in [6, 6.07) is 4.11. The highest BCUT2D eigenvalue weighted by Crippen LogP contribution is 2.25. The van der Waals surface area contributed by atoms with Crippen molar-refractivity contribution in [2.24, 2.45) is 0 Å². The number of aryl methyl sites for hydroxylation is 1. The second kappa shape index (κ2) is 10.8. The van der Waals surface area contributed by atoms with E-state index in [0.29, 0.717) is 4.77 Å². The van der Waals surface area contributed by atoms with Gasteiger partial charge in [-0.3, -0.25) is 0 Å². The molecular formula is C18H28Cl2N6S. The van der Waals surface area contributed by atoms with Crippen molar-refractivity contribution in [3.8, 4) is 0 Å². The van der Waals surface area contributed by atoms with Crippen LogP contribution in [0.5, 0.6) is 0 Å². The summed E-state index contributed by atoms with van der Waals surface area (Å²) in [5, 5.41) is 4.54. The summed E-state index contributed by atoms with van der Waals surface area (Å²) in [6.45, 7) is 10.7. The van der Waals surface area contributed by atoms with E-state index in [1.807, 2.05) is 6.07 Å². The van der Waals surface area contributed by atoms with Crippen molar-refractivity contribution in [3.63, 3.8) is 0 Å². The average Bonchev–Trinajstić information content (AvgIpc) is 2.98. The first-order chi connectivity index (χ1) is 12.1. The third-order valence-corrected chi connectivity index (χ3v) is 4.74. The van der Waals surface area contributed by atoms with E-state index < -0.39 is 0 Å². The van der Waals surface area contributed by atoms with Gasteiger partial charge in [-0.05, 0) is 50.4 Å². The van der Waals surface area contributed by atoms with E-state index in [4.69, 9.17) is 17.2 Å². The minimum absolute atomic E-state index is 0. The number of hydrogen-bond donors (Lipinski definition) is 3. The van der Waals surface area contributed by atoms with Gasteiger partial charge in [0, 0.05) is 18.4 Å². The SMILES string of the molecule is CCc1nc(NCCCN(CC)CC)c2cc3[nH]c(=S)[nH]c3cc2n1.Cl.Cl. The zero-order chi connectivity index (χ0) is 17.8. The fraction of sp³-hybridized carbons (Fsp3) is 0.500. The largest absolute Gasteiger partial charge is 0.369 e. The van der Waals surface area contributed by atoms with Gasteiger partial charge in [0.2, 0.25) is 0 Å². The Bertz CT molecular complexity index is 919. The Morgan fingerprint density at radius 1 is 1.04 bits per heavy atom. The van der Waals surface area contributed by atoms with Crippen LogP contribution in [0.1, 0.15) is 33.0 Å². The predicted molar refractivity (Wildman–Crippen MR) is 121 cm³/mol. The fourth-order valence-corrected chi connectivity index (χ4v) is 3.27. The lowest BCUT2D eigenvalue weighted by Gasteiger charge is -2.18. The van der Waals surface area contributed by atoms with Crippen LogP contribution in [0.15, 0.2) is 12.1 Å². The molecule has 150 valence electrons. The zero-order valence-electron chi connectivity index (χ0n) is 16.0. The van der Waals surface area contributed by atoms with Gasteiger partial charge in [-0.2, -0.15) is 0 Å². The summed E-state index contributed by atoms with van der Waals surface area (Å²) in [4.78, 5) is 18.1. The Morgan fingerprint density at radius 2 is 1.70 bits per heavy atom. The number of benzene rings is 1. The lowest BCUT2D eigenvalue weighted by molar-refractivity contribution is 0.303. The molecule has 0 aliphatic rings. The highest BCUT2D eigenvalue weighted by molar-refractivity contribution is 7.71. The van der Waals surface area contributed by atoms with Gasteiger partial charge in [-0.15, -0.1) is 24.8 Å². The van der Waals surface area contributed by atoms with E-state index in [0.717, 1.165) is 72.6 Å². The molecule has 2 heterocycles.